The van der Waals surface area contributed by atoms with E-state index in [1.807, 2.05) is 0 Å². The van der Waals surface area contributed by atoms with Gasteiger partial charge in [0.1, 0.15) is 12.4 Å². The van der Waals surface area contributed by atoms with E-state index in [0.29, 0.717) is 5.75 Å². The quantitative estimate of drug-likeness (QED) is 0.344. The minimum absolute atomic E-state index is 0.00759. The first-order valence-corrected chi connectivity index (χ1v) is 4.65. The number of hydrogen-bond acceptors (Lipinski definition) is 4. The van der Waals surface area contributed by atoms with Gasteiger partial charge in [0.15, 0.2) is 6.61 Å². The van der Waals surface area contributed by atoms with Crippen LogP contribution in [0.5, 0.6) is 5.75 Å². The van der Waals surface area contributed by atoms with Crippen LogP contribution in [0.3, 0.4) is 0 Å². The van der Waals surface area contributed by atoms with E-state index < -0.39 is 0 Å². The number of likely N-dealkylation sites (N-methyl/N-ethyl adjacent to an activating group) is 1. The standard InChI is InChI=1S/C10H13NO4.CO/c1-11-10(12)7-14-9-4-2-8(3-5-9)6-15-13;1-2/h2-5,13H,6-7H2,1H3,(H,11,12);. The van der Waals surface area contributed by atoms with Crippen LogP contribution in [0.15, 0.2) is 24.3 Å². The monoisotopic (exact) mass is 239 g/mol. The van der Waals surface area contributed by atoms with Crippen LogP contribution in [0.2, 0.25) is 0 Å². The van der Waals surface area contributed by atoms with Crippen LogP contribution in [-0.2, 0) is 20.9 Å². The Bertz CT molecular complexity index is 347. The van der Waals surface area contributed by atoms with Crippen LogP contribution in [0.25, 0.3) is 0 Å². The zero-order valence-corrected chi connectivity index (χ0v) is 9.30. The van der Waals surface area contributed by atoms with Crippen molar-refractivity contribution in [1.29, 1.82) is 0 Å². The van der Waals surface area contributed by atoms with Crippen molar-refractivity contribution < 1.29 is 24.3 Å². The van der Waals surface area contributed by atoms with Gasteiger partial charge in [-0.05, 0) is 17.7 Å². The van der Waals surface area contributed by atoms with Gasteiger partial charge in [0.05, 0.1) is 0 Å². The Morgan fingerprint density at radius 2 is 2.00 bits per heavy atom. The molecular formula is C11H13NO5. The molecule has 0 unspecified atom stereocenters. The van der Waals surface area contributed by atoms with E-state index in [0.717, 1.165) is 5.56 Å². The summed E-state index contributed by atoms with van der Waals surface area (Å²) in [6, 6.07) is 6.90. The summed E-state index contributed by atoms with van der Waals surface area (Å²) in [4.78, 5) is 14.8. The van der Waals surface area contributed by atoms with Gasteiger partial charge in [0.25, 0.3) is 5.91 Å². The van der Waals surface area contributed by atoms with Crippen molar-refractivity contribution in [3.8, 4) is 5.75 Å². The first kappa shape index (κ1) is 15.2. The van der Waals surface area contributed by atoms with Crippen molar-refractivity contribution in [2.24, 2.45) is 0 Å². The molecule has 17 heavy (non-hydrogen) atoms. The number of amides is 1. The number of nitrogens with one attached hydrogen (secondary N) is 1. The molecule has 6 nitrogen and oxygen atoms in total. The number of hydrogen-bond donors (Lipinski definition) is 2. The molecule has 0 radical (unpaired) electrons. The third kappa shape index (κ3) is 6.34. The van der Waals surface area contributed by atoms with Crippen LogP contribution in [0.1, 0.15) is 5.56 Å². The summed E-state index contributed by atoms with van der Waals surface area (Å²) >= 11 is 0. The predicted molar refractivity (Wildman–Crippen MR) is 57.4 cm³/mol. The summed E-state index contributed by atoms with van der Waals surface area (Å²) in [5.74, 6) is 0.415. The number of rotatable bonds is 5. The maximum absolute atomic E-state index is 10.9. The average Bonchev–Trinajstić information content (AvgIpc) is 2.40. The number of benzene rings is 1. The molecule has 0 aliphatic rings. The van der Waals surface area contributed by atoms with Crippen molar-refractivity contribution >= 4 is 5.91 Å². The van der Waals surface area contributed by atoms with Gasteiger partial charge < -0.3 is 10.1 Å². The van der Waals surface area contributed by atoms with E-state index in [-0.39, 0.29) is 19.1 Å². The minimum atomic E-state index is -0.183. The summed E-state index contributed by atoms with van der Waals surface area (Å²) < 4.78 is 12.7. The van der Waals surface area contributed by atoms with E-state index in [2.05, 4.69) is 16.9 Å². The molecule has 2 N–H and O–H groups in total. The van der Waals surface area contributed by atoms with Gasteiger partial charge >= 0.3 is 11.3 Å². The summed E-state index contributed by atoms with van der Waals surface area (Å²) in [6.07, 6.45) is 0. The van der Waals surface area contributed by atoms with Crippen LogP contribution in [0, 0.1) is 6.65 Å². The molecule has 1 aromatic rings. The topological polar surface area (TPSA) is 87.7 Å². The van der Waals surface area contributed by atoms with Crippen molar-refractivity contribution in [2.75, 3.05) is 13.7 Å². The van der Waals surface area contributed by atoms with Gasteiger partial charge in [-0.2, -0.15) is 0 Å². The fourth-order valence-corrected chi connectivity index (χ4v) is 0.977. The summed E-state index contributed by atoms with van der Waals surface area (Å²) in [5.41, 5.74) is 0.824. The number of carbonyl (C=O) groups is 1. The molecule has 1 aromatic carbocycles. The zero-order chi connectivity index (χ0) is 13.1. The van der Waals surface area contributed by atoms with Crippen molar-refractivity contribution in [3.05, 3.63) is 36.5 Å². The average molecular weight is 239 g/mol. The van der Waals surface area contributed by atoms with Gasteiger partial charge in [0.2, 0.25) is 0 Å². The molecule has 92 valence electrons. The third-order valence-corrected chi connectivity index (χ3v) is 1.80. The van der Waals surface area contributed by atoms with E-state index >= 15 is 0 Å². The molecule has 0 aromatic heterocycles. The normalized spacial score (nSPS) is 8.71. The van der Waals surface area contributed by atoms with Crippen molar-refractivity contribution in [1.82, 2.24) is 5.32 Å². The fourth-order valence-electron chi connectivity index (χ4n) is 0.977. The summed E-state index contributed by atoms with van der Waals surface area (Å²) in [6.45, 7) is 4.63. The van der Waals surface area contributed by atoms with Crippen LogP contribution in [0.4, 0.5) is 0 Å². The van der Waals surface area contributed by atoms with Crippen LogP contribution >= 0.6 is 0 Å². The number of ether oxygens (including phenoxy) is 1. The van der Waals surface area contributed by atoms with Gasteiger partial charge in [0, 0.05) is 7.05 Å². The van der Waals surface area contributed by atoms with E-state index in [1.165, 1.54) is 0 Å². The third-order valence-electron chi connectivity index (χ3n) is 1.80. The van der Waals surface area contributed by atoms with Gasteiger partial charge in [-0.1, -0.05) is 12.1 Å². The van der Waals surface area contributed by atoms with Crippen molar-refractivity contribution in [3.63, 3.8) is 0 Å². The van der Waals surface area contributed by atoms with E-state index in [9.17, 15) is 4.79 Å². The van der Waals surface area contributed by atoms with Gasteiger partial charge in [-0.3, -0.25) is 10.1 Å². The second-order valence-electron chi connectivity index (χ2n) is 2.88. The molecule has 1 rings (SSSR count). The second-order valence-corrected chi connectivity index (χ2v) is 2.88. The van der Waals surface area contributed by atoms with E-state index in [1.54, 1.807) is 31.3 Å². The Hall–Kier alpha value is -1.85. The maximum atomic E-state index is 10.9. The van der Waals surface area contributed by atoms with Crippen molar-refractivity contribution in [2.45, 2.75) is 6.61 Å². The van der Waals surface area contributed by atoms with Crippen LogP contribution < -0.4 is 10.1 Å². The Kier molecular flexibility index (Phi) is 8.36. The van der Waals surface area contributed by atoms with Gasteiger partial charge in [-0.15, -0.1) is 0 Å². The van der Waals surface area contributed by atoms with Gasteiger partial charge in [-0.25, -0.2) is 4.89 Å². The molecule has 0 fully saturated rings. The molecule has 0 aliphatic heterocycles. The Balaban J connectivity index is 0.00000121. The zero-order valence-electron chi connectivity index (χ0n) is 9.30. The molecule has 0 atom stereocenters. The Labute approximate surface area is 98.8 Å². The first-order chi connectivity index (χ1) is 8.26. The molecule has 0 saturated heterocycles. The summed E-state index contributed by atoms with van der Waals surface area (Å²) in [5, 5.41) is 10.7. The molecular weight excluding hydrogens is 226 g/mol. The predicted octanol–water partition coefficient (Wildman–Crippen LogP) is 0.763. The molecule has 0 aliphatic carbocycles. The van der Waals surface area contributed by atoms with Crippen LogP contribution in [-0.4, -0.2) is 24.8 Å². The molecule has 0 spiro atoms. The number of carbonyl (C=O) groups excluding carboxylic acids is 1. The molecule has 0 bridgehead atoms. The Morgan fingerprint density at radius 3 is 2.47 bits per heavy atom. The SMILES string of the molecule is CNC(=O)COc1ccc(COO)cc1.[C-]#[O+]. The fraction of sp³-hybridized carbons (Fsp3) is 0.273. The molecule has 0 heterocycles. The molecule has 0 saturated carbocycles. The summed E-state index contributed by atoms with van der Waals surface area (Å²) in [7, 11) is 1.55. The Morgan fingerprint density at radius 1 is 1.41 bits per heavy atom. The molecule has 6 heteroatoms. The first-order valence-electron chi connectivity index (χ1n) is 4.65. The molecule has 1 amide bonds. The second kappa shape index (κ2) is 9.38. The van der Waals surface area contributed by atoms with E-state index in [4.69, 9.17) is 14.6 Å².